The fourth-order valence-electron chi connectivity index (χ4n) is 2.38. The van der Waals surface area contributed by atoms with E-state index in [9.17, 15) is 18.7 Å². The summed E-state index contributed by atoms with van der Waals surface area (Å²) in [5.74, 6) is -5.24. The van der Waals surface area contributed by atoms with E-state index in [1.807, 2.05) is 0 Å². The van der Waals surface area contributed by atoms with Crippen LogP contribution in [0, 0.1) is 0 Å². The molecule has 0 saturated heterocycles. The summed E-state index contributed by atoms with van der Waals surface area (Å²) >= 11 is 0. The van der Waals surface area contributed by atoms with Gasteiger partial charge in [-0.2, -0.15) is 8.78 Å². The van der Waals surface area contributed by atoms with E-state index in [2.05, 4.69) is 10.3 Å². The molecule has 0 bridgehead atoms. The molecule has 1 aromatic heterocycles. The summed E-state index contributed by atoms with van der Waals surface area (Å²) in [5.41, 5.74) is -1.06. The first-order chi connectivity index (χ1) is 9.42. The first kappa shape index (κ1) is 13.1. The highest BCUT2D eigenvalue weighted by atomic mass is 19.3. The van der Waals surface area contributed by atoms with E-state index in [0.717, 1.165) is 10.9 Å². The molecule has 20 heavy (non-hydrogen) atoms. The predicted octanol–water partition coefficient (Wildman–Crippen LogP) is 2.66. The zero-order chi connectivity index (χ0) is 14.4. The molecular weight excluding hydrogens is 266 g/mol. The van der Waals surface area contributed by atoms with Crippen LogP contribution in [-0.2, 0) is 4.79 Å². The lowest BCUT2D eigenvalue weighted by Gasteiger charge is -2.41. The third-order valence-electron chi connectivity index (χ3n) is 3.86. The van der Waals surface area contributed by atoms with Crippen LogP contribution in [0.1, 0.15) is 19.3 Å². The molecule has 1 amide bonds. The molecule has 0 spiro atoms. The van der Waals surface area contributed by atoms with Crippen LogP contribution in [0.15, 0.2) is 30.5 Å². The number of aliphatic hydroxyl groups is 1. The molecule has 0 unspecified atom stereocenters. The van der Waals surface area contributed by atoms with Crippen molar-refractivity contribution < 1.29 is 18.7 Å². The Morgan fingerprint density at radius 3 is 2.75 bits per heavy atom. The highest BCUT2D eigenvalue weighted by molar-refractivity contribution is 5.98. The molecule has 0 radical (unpaired) electrons. The summed E-state index contributed by atoms with van der Waals surface area (Å²) in [6.45, 7) is 0. The van der Waals surface area contributed by atoms with Crippen LogP contribution in [-0.4, -0.2) is 27.5 Å². The van der Waals surface area contributed by atoms with Crippen LogP contribution in [0.2, 0.25) is 0 Å². The third-order valence-corrected chi connectivity index (χ3v) is 3.86. The van der Waals surface area contributed by atoms with Crippen molar-refractivity contribution in [2.24, 2.45) is 0 Å². The number of alkyl halides is 2. The largest absolute Gasteiger partial charge is 0.383 e. The molecule has 1 aromatic carbocycles. The Bertz CT molecular complexity index is 662. The number of benzene rings is 1. The number of carbonyl (C=O) groups is 1. The maximum atomic E-state index is 13.9. The van der Waals surface area contributed by atoms with Gasteiger partial charge in [-0.05, 0) is 43.5 Å². The lowest BCUT2D eigenvalue weighted by Crippen LogP contribution is -2.59. The average Bonchev–Trinajstić information content (AvgIpc) is 2.83. The minimum atomic E-state index is -3.78. The van der Waals surface area contributed by atoms with Gasteiger partial charge in [0.2, 0.25) is 0 Å². The number of rotatable bonds is 3. The normalized spacial score (nSPS) is 17.8. The third kappa shape index (κ3) is 1.87. The van der Waals surface area contributed by atoms with E-state index in [1.54, 1.807) is 24.4 Å². The second kappa shape index (κ2) is 4.28. The Hall–Kier alpha value is -1.95. The van der Waals surface area contributed by atoms with E-state index in [0.29, 0.717) is 6.42 Å². The number of fused-ring (bicyclic) bond motifs is 1. The quantitative estimate of drug-likeness (QED) is 0.809. The molecule has 1 saturated carbocycles. The molecule has 6 heteroatoms. The van der Waals surface area contributed by atoms with E-state index in [4.69, 9.17) is 0 Å². The van der Waals surface area contributed by atoms with Crippen molar-refractivity contribution in [3.05, 3.63) is 30.5 Å². The highest BCUT2D eigenvalue weighted by Crippen LogP contribution is 2.44. The first-order valence-corrected chi connectivity index (χ1v) is 6.41. The summed E-state index contributed by atoms with van der Waals surface area (Å²) in [7, 11) is 0. The van der Waals surface area contributed by atoms with Gasteiger partial charge in [-0.15, -0.1) is 0 Å². The number of nitrogens with one attached hydrogen (secondary N) is 2. The molecule has 1 heterocycles. The van der Waals surface area contributed by atoms with Crippen LogP contribution in [0.5, 0.6) is 0 Å². The monoisotopic (exact) mass is 280 g/mol. The number of hydrogen-bond acceptors (Lipinski definition) is 2. The van der Waals surface area contributed by atoms with Crippen molar-refractivity contribution in [1.29, 1.82) is 0 Å². The van der Waals surface area contributed by atoms with Crippen molar-refractivity contribution >= 4 is 22.5 Å². The van der Waals surface area contributed by atoms with Gasteiger partial charge in [-0.25, -0.2) is 0 Å². The molecule has 1 aliphatic carbocycles. The SMILES string of the molecule is O=C(Nc1ccc2[nH]ccc2c1)C(F)(F)C1(O)CCC1. The minimum absolute atomic E-state index is 0.0513. The van der Waals surface area contributed by atoms with Crippen molar-refractivity contribution in [3.63, 3.8) is 0 Å². The molecule has 1 aliphatic rings. The molecular formula is C14H14F2N2O2. The van der Waals surface area contributed by atoms with Crippen molar-refractivity contribution in [1.82, 2.24) is 4.98 Å². The van der Waals surface area contributed by atoms with Crippen LogP contribution >= 0.6 is 0 Å². The molecule has 3 rings (SSSR count). The molecule has 4 nitrogen and oxygen atoms in total. The van der Waals surface area contributed by atoms with Gasteiger partial charge in [0.05, 0.1) is 0 Å². The minimum Gasteiger partial charge on any atom is -0.383 e. The first-order valence-electron chi connectivity index (χ1n) is 6.41. The molecule has 0 aliphatic heterocycles. The summed E-state index contributed by atoms with van der Waals surface area (Å²) in [4.78, 5) is 14.7. The van der Waals surface area contributed by atoms with Gasteiger partial charge < -0.3 is 15.4 Å². The van der Waals surface area contributed by atoms with Gasteiger partial charge in [0, 0.05) is 22.8 Å². The maximum Gasteiger partial charge on any atom is 0.352 e. The number of halogens is 2. The number of aromatic amines is 1. The Balaban J connectivity index is 1.81. The number of amides is 1. The zero-order valence-corrected chi connectivity index (χ0v) is 10.6. The van der Waals surface area contributed by atoms with Gasteiger partial charge in [-0.1, -0.05) is 0 Å². The Morgan fingerprint density at radius 2 is 2.10 bits per heavy atom. The number of carbonyl (C=O) groups excluding carboxylic acids is 1. The molecule has 1 fully saturated rings. The highest BCUT2D eigenvalue weighted by Gasteiger charge is 2.61. The van der Waals surface area contributed by atoms with Gasteiger partial charge in [0.15, 0.2) is 0 Å². The summed E-state index contributed by atoms with van der Waals surface area (Å²) < 4.78 is 27.8. The van der Waals surface area contributed by atoms with Crippen LogP contribution in [0.4, 0.5) is 14.5 Å². The van der Waals surface area contributed by atoms with E-state index in [-0.39, 0.29) is 18.5 Å². The van der Waals surface area contributed by atoms with E-state index in [1.165, 1.54) is 6.07 Å². The predicted molar refractivity (Wildman–Crippen MR) is 70.7 cm³/mol. The van der Waals surface area contributed by atoms with Crippen molar-refractivity contribution in [3.8, 4) is 0 Å². The number of aromatic nitrogens is 1. The smallest absolute Gasteiger partial charge is 0.352 e. The zero-order valence-electron chi connectivity index (χ0n) is 10.6. The molecule has 106 valence electrons. The lowest BCUT2D eigenvalue weighted by atomic mass is 9.75. The van der Waals surface area contributed by atoms with Crippen molar-refractivity contribution in [2.75, 3.05) is 5.32 Å². The van der Waals surface area contributed by atoms with Gasteiger partial charge in [0.1, 0.15) is 5.60 Å². The maximum absolute atomic E-state index is 13.9. The molecule has 3 N–H and O–H groups in total. The number of H-pyrrole nitrogens is 1. The Kier molecular flexibility index (Phi) is 2.79. The topological polar surface area (TPSA) is 65.1 Å². The van der Waals surface area contributed by atoms with Crippen molar-refractivity contribution in [2.45, 2.75) is 30.8 Å². The average molecular weight is 280 g/mol. The number of anilines is 1. The molecule has 0 atom stereocenters. The standard InChI is InChI=1S/C14H14F2N2O2/c15-14(16,13(20)5-1-6-13)12(19)18-10-2-3-11-9(8-10)4-7-17-11/h2-4,7-8,17,20H,1,5-6H2,(H,18,19). The summed E-state index contributed by atoms with van der Waals surface area (Å²) in [5, 5.41) is 12.7. The second-order valence-electron chi connectivity index (χ2n) is 5.19. The summed E-state index contributed by atoms with van der Waals surface area (Å²) in [6, 6.07) is 6.62. The van der Waals surface area contributed by atoms with E-state index < -0.39 is 17.4 Å². The van der Waals surface area contributed by atoms with Crippen LogP contribution in [0.3, 0.4) is 0 Å². The van der Waals surface area contributed by atoms with Crippen LogP contribution in [0.25, 0.3) is 10.9 Å². The lowest BCUT2D eigenvalue weighted by molar-refractivity contribution is -0.212. The van der Waals surface area contributed by atoms with Gasteiger partial charge in [0.25, 0.3) is 5.91 Å². The fourth-order valence-corrected chi connectivity index (χ4v) is 2.38. The van der Waals surface area contributed by atoms with Gasteiger partial charge in [-0.3, -0.25) is 4.79 Å². The fraction of sp³-hybridized carbons (Fsp3) is 0.357. The Labute approximate surface area is 113 Å². The van der Waals surface area contributed by atoms with Gasteiger partial charge >= 0.3 is 5.92 Å². The van der Waals surface area contributed by atoms with Crippen LogP contribution < -0.4 is 5.32 Å². The summed E-state index contributed by atoms with van der Waals surface area (Å²) in [6.07, 6.45) is 2.13. The molecule has 2 aromatic rings. The Morgan fingerprint density at radius 1 is 1.35 bits per heavy atom. The second-order valence-corrected chi connectivity index (χ2v) is 5.19. The van der Waals surface area contributed by atoms with E-state index >= 15 is 0 Å². The number of hydrogen-bond donors (Lipinski definition) is 3.